The van der Waals surface area contributed by atoms with Crippen LogP contribution < -0.4 is 10.6 Å². The lowest BCUT2D eigenvalue weighted by Gasteiger charge is -2.36. The Kier molecular flexibility index (Phi) is 3.20. The van der Waals surface area contributed by atoms with Crippen molar-refractivity contribution in [2.75, 3.05) is 18.1 Å². The Labute approximate surface area is 109 Å². The van der Waals surface area contributed by atoms with Crippen molar-refractivity contribution in [3.05, 3.63) is 22.6 Å². The summed E-state index contributed by atoms with van der Waals surface area (Å²) in [5, 5.41) is 19.7. The van der Waals surface area contributed by atoms with Crippen molar-refractivity contribution in [1.29, 1.82) is 0 Å². The van der Waals surface area contributed by atoms with Crippen molar-refractivity contribution in [2.24, 2.45) is 0 Å². The molecule has 1 fully saturated rings. The molecule has 2 aromatic heterocycles. The number of fused-ring (bicyclic) bond motifs is 1. The molecule has 0 aromatic carbocycles. The summed E-state index contributed by atoms with van der Waals surface area (Å²) >= 11 is 0. The number of hydrogen-bond acceptors (Lipinski definition) is 5. The molecule has 0 bridgehead atoms. The van der Waals surface area contributed by atoms with Crippen LogP contribution in [0.15, 0.2) is 16.9 Å². The number of hydrogen-bond donors (Lipinski definition) is 2. The van der Waals surface area contributed by atoms with E-state index in [0.29, 0.717) is 11.7 Å². The summed E-state index contributed by atoms with van der Waals surface area (Å²) in [4.78, 5) is 13.7. The van der Waals surface area contributed by atoms with Crippen LogP contribution >= 0.6 is 0 Å². The third-order valence-corrected chi connectivity index (χ3v) is 3.64. The van der Waals surface area contributed by atoms with Gasteiger partial charge in [-0.15, -0.1) is 5.10 Å². The average molecular weight is 263 g/mol. The molecular formula is C12H17N5O2. The summed E-state index contributed by atoms with van der Waals surface area (Å²) in [6.45, 7) is 1.09. The fourth-order valence-corrected chi connectivity index (χ4v) is 2.70. The maximum Gasteiger partial charge on any atom is 0.364 e. The summed E-state index contributed by atoms with van der Waals surface area (Å²) in [5.74, 6) is 0.772. The van der Waals surface area contributed by atoms with Crippen LogP contribution in [-0.4, -0.2) is 44.1 Å². The Bertz CT molecular complexity index is 618. The Morgan fingerprint density at radius 2 is 2.32 bits per heavy atom. The Hall–Kier alpha value is -1.89. The fraction of sp³-hybridized carbons (Fsp3) is 0.583. The van der Waals surface area contributed by atoms with E-state index in [-0.39, 0.29) is 12.3 Å². The highest BCUT2D eigenvalue weighted by Gasteiger charge is 2.23. The number of H-pyrrole nitrogens is 1. The molecule has 0 saturated carbocycles. The molecule has 0 radical (unpaired) electrons. The van der Waals surface area contributed by atoms with E-state index in [1.807, 2.05) is 6.07 Å². The quantitative estimate of drug-likeness (QED) is 0.823. The molecule has 7 heteroatoms. The van der Waals surface area contributed by atoms with Crippen LogP contribution in [0.4, 0.5) is 5.82 Å². The van der Waals surface area contributed by atoms with E-state index >= 15 is 0 Å². The number of aliphatic hydroxyl groups is 1. The van der Waals surface area contributed by atoms with Crippen molar-refractivity contribution < 1.29 is 5.11 Å². The molecule has 1 aliphatic rings. The lowest BCUT2D eigenvalue weighted by Crippen LogP contribution is -2.41. The number of anilines is 1. The van der Waals surface area contributed by atoms with Crippen LogP contribution in [0.1, 0.15) is 25.7 Å². The lowest BCUT2D eigenvalue weighted by atomic mass is 10.00. The van der Waals surface area contributed by atoms with Gasteiger partial charge in [-0.3, -0.25) is 0 Å². The minimum absolute atomic E-state index is 0.176. The normalized spacial score (nSPS) is 20.1. The molecule has 2 aromatic rings. The third kappa shape index (κ3) is 2.21. The first kappa shape index (κ1) is 12.2. The number of rotatable bonds is 3. The van der Waals surface area contributed by atoms with Crippen LogP contribution in [0.25, 0.3) is 5.65 Å². The van der Waals surface area contributed by atoms with Crippen LogP contribution in [0, 0.1) is 0 Å². The molecule has 2 N–H and O–H groups in total. The van der Waals surface area contributed by atoms with E-state index in [2.05, 4.69) is 20.2 Å². The summed E-state index contributed by atoms with van der Waals surface area (Å²) in [6.07, 6.45) is 4.08. The van der Waals surface area contributed by atoms with Gasteiger partial charge in [0.25, 0.3) is 0 Å². The molecular weight excluding hydrogens is 246 g/mol. The first-order valence-electron chi connectivity index (χ1n) is 6.61. The van der Waals surface area contributed by atoms with Gasteiger partial charge in [-0.2, -0.15) is 9.61 Å². The lowest BCUT2D eigenvalue weighted by molar-refractivity contribution is 0.262. The number of nitrogens with one attached hydrogen (secondary N) is 1. The van der Waals surface area contributed by atoms with Gasteiger partial charge in [0.1, 0.15) is 5.82 Å². The first-order chi connectivity index (χ1) is 9.29. The fourth-order valence-electron chi connectivity index (χ4n) is 2.70. The predicted octanol–water partition coefficient (Wildman–Crippen LogP) is 0.159. The second kappa shape index (κ2) is 5.00. The minimum atomic E-state index is -0.326. The van der Waals surface area contributed by atoms with E-state index in [9.17, 15) is 4.79 Å². The molecule has 3 heterocycles. The van der Waals surface area contributed by atoms with Crippen LogP contribution in [0.3, 0.4) is 0 Å². The molecule has 19 heavy (non-hydrogen) atoms. The van der Waals surface area contributed by atoms with Crippen LogP contribution in [0.5, 0.6) is 0 Å². The summed E-state index contributed by atoms with van der Waals surface area (Å²) < 4.78 is 1.28. The van der Waals surface area contributed by atoms with Crippen molar-refractivity contribution >= 4 is 11.5 Å². The van der Waals surface area contributed by atoms with Gasteiger partial charge < -0.3 is 10.0 Å². The zero-order valence-electron chi connectivity index (χ0n) is 10.6. The smallest absolute Gasteiger partial charge is 0.364 e. The van der Waals surface area contributed by atoms with E-state index in [0.717, 1.165) is 31.6 Å². The molecule has 1 saturated heterocycles. The van der Waals surface area contributed by atoms with Gasteiger partial charge in [0.2, 0.25) is 0 Å². The highest BCUT2D eigenvalue weighted by molar-refractivity contribution is 5.46. The molecule has 3 rings (SSSR count). The van der Waals surface area contributed by atoms with E-state index in [4.69, 9.17) is 5.11 Å². The van der Waals surface area contributed by atoms with Crippen LogP contribution in [-0.2, 0) is 0 Å². The number of piperidine rings is 1. The molecule has 1 unspecified atom stereocenters. The molecule has 1 aliphatic heterocycles. The average Bonchev–Trinajstić information content (AvgIpc) is 2.81. The van der Waals surface area contributed by atoms with Crippen molar-refractivity contribution in [3.63, 3.8) is 0 Å². The number of aromatic nitrogens is 4. The van der Waals surface area contributed by atoms with Gasteiger partial charge in [-0.25, -0.2) is 9.89 Å². The van der Waals surface area contributed by atoms with E-state index < -0.39 is 0 Å². The van der Waals surface area contributed by atoms with Gasteiger partial charge in [-0.1, -0.05) is 0 Å². The summed E-state index contributed by atoms with van der Waals surface area (Å²) in [6, 6.07) is 3.96. The number of aliphatic hydroxyl groups excluding tert-OH is 1. The van der Waals surface area contributed by atoms with Gasteiger partial charge in [0.05, 0.1) is 0 Å². The van der Waals surface area contributed by atoms with Gasteiger partial charge in [-0.05, 0) is 37.8 Å². The van der Waals surface area contributed by atoms with Crippen molar-refractivity contribution in [1.82, 2.24) is 19.8 Å². The molecule has 1 atom stereocenters. The predicted molar refractivity (Wildman–Crippen MR) is 70.3 cm³/mol. The highest BCUT2D eigenvalue weighted by Crippen LogP contribution is 2.24. The third-order valence-electron chi connectivity index (χ3n) is 3.64. The van der Waals surface area contributed by atoms with E-state index in [1.165, 1.54) is 10.9 Å². The monoisotopic (exact) mass is 263 g/mol. The number of nitrogens with zero attached hydrogens (tertiary/aromatic N) is 4. The molecule has 102 valence electrons. The summed E-state index contributed by atoms with van der Waals surface area (Å²) in [5.41, 5.74) is 0.192. The van der Waals surface area contributed by atoms with Crippen molar-refractivity contribution in [3.8, 4) is 0 Å². The summed E-state index contributed by atoms with van der Waals surface area (Å²) in [7, 11) is 0. The molecule has 0 amide bonds. The highest BCUT2D eigenvalue weighted by atomic mass is 16.3. The largest absolute Gasteiger partial charge is 0.396 e. The second-order valence-electron chi connectivity index (χ2n) is 4.85. The minimum Gasteiger partial charge on any atom is -0.396 e. The zero-order valence-corrected chi connectivity index (χ0v) is 10.6. The molecule has 0 spiro atoms. The Morgan fingerprint density at radius 3 is 3.16 bits per heavy atom. The van der Waals surface area contributed by atoms with Gasteiger partial charge in [0.15, 0.2) is 5.65 Å². The molecule has 0 aliphatic carbocycles. The standard InChI is InChI=1S/C12H17N5O2/c18-8-6-9-3-1-2-7-16(9)11-5-4-10-13-14-12(19)17(10)15-11/h4-5,9,18H,1-3,6-8H2,(H,14,19). The molecule has 7 nitrogen and oxygen atoms in total. The first-order valence-corrected chi connectivity index (χ1v) is 6.61. The Morgan fingerprint density at radius 1 is 1.42 bits per heavy atom. The second-order valence-corrected chi connectivity index (χ2v) is 4.85. The maximum absolute atomic E-state index is 11.5. The SMILES string of the molecule is O=c1[nH]nc2ccc(N3CCCCC3CCO)nn12. The van der Waals surface area contributed by atoms with Gasteiger partial charge in [0, 0.05) is 19.2 Å². The number of aromatic amines is 1. The van der Waals surface area contributed by atoms with Gasteiger partial charge >= 0.3 is 5.69 Å². The van der Waals surface area contributed by atoms with Crippen LogP contribution in [0.2, 0.25) is 0 Å². The Balaban J connectivity index is 1.96. The van der Waals surface area contributed by atoms with E-state index in [1.54, 1.807) is 6.07 Å². The topological polar surface area (TPSA) is 86.5 Å². The maximum atomic E-state index is 11.5. The zero-order chi connectivity index (χ0) is 13.2. The van der Waals surface area contributed by atoms with Crippen molar-refractivity contribution in [2.45, 2.75) is 31.7 Å².